The predicted octanol–water partition coefficient (Wildman–Crippen LogP) is 17.1. The molecule has 103 heavy (non-hydrogen) atoms. The molecule has 3 aliphatic rings. The number of fused-ring (bicyclic) bond motifs is 4. The molecule has 3 aliphatic carbocycles. The number of ether oxygens (including phenoxy) is 4. The zero-order valence-corrected chi connectivity index (χ0v) is 55.3. The molecular weight excluding hydrogens is 1360 g/mol. The lowest BCUT2D eigenvalue weighted by Gasteiger charge is -2.31. The van der Waals surface area contributed by atoms with Crippen molar-refractivity contribution in [1.82, 2.24) is 25.5 Å². The van der Waals surface area contributed by atoms with Crippen molar-refractivity contribution in [3.8, 4) is 34.5 Å². The number of aromatic nitrogens is 2. The van der Waals surface area contributed by atoms with Gasteiger partial charge in [0, 0.05) is 62.0 Å². The number of hydrogen-bond acceptors (Lipinski definition) is 14. The van der Waals surface area contributed by atoms with Crippen LogP contribution >= 0.6 is 0 Å². The van der Waals surface area contributed by atoms with Gasteiger partial charge in [-0.15, -0.1) is 0 Å². The maximum atomic E-state index is 14.6. The average Bonchev–Trinajstić information content (AvgIpc) is 1.75. The second kappa shape index (κ2) is 30.8. The molecule has 534 valence electrons. The largest absolute Gasteiger partial charge is 0.471 e. The Morgan fingerprint density at radius 3 is 1.37 bits per heavy atom. The number of rotatable bonds is 18. The summed E-state index contributed by atoms with van der Waals surface area (Å²) in [5.74, 6) is -6.61. The molecule has 1 aromatic heterocycles. The van der Waals surface area contributed by atoms with E-state index in [4.69, 9.17) is 24.7 Å². The van der Waals surface area contributed by atoms with Crippen LogP contribution in [0.5, 0.6) is 34.5 Å². The maximum Gasteiger partial charge on any atom is 0.471 e. The Morgan fingerprint density at radius 1 is 0.553 bits per heavy atom. The number of H-pyrrole nitrogens is 1. The third-order valence-electron chi connectivity index (χ3n) is 17.0. The van der Waals surface area contributed by atoms with Crippen molar-refractivity contribution < 1.29 is 77.9 Å². The van der Waals surface area contributed by atoms with Crippen LogP contribution in [0, 0.1) is 37.7 Å². The number of halogens is 9. The van der Waals surface area contributed by atoms with Gasteiger partial charge < -0.3 is 50.5 Å². The summed E-state index contributed by atoms with van der Waals surface area (Å²) in [5.41, 5.74) is 12.9. The lowest BCUT2D eigenvalue weighted by atomic mass is 10.1. The van der Waals surface area contributed by atoms with Gasteiger partial charge in [0.25, 0.3) is 11.4 Å². The summed E-state index contributed by atoms with van der Waals surface area (Å²) < 4.78 is 142. The number of carbonyl (C=O) groups excluding carboxylic acids is 2. The number of nitro benzene ring substituents is 2. The van der Waals surface area contributed by atoms with E-state index in [-0.39, 0.29) is 46.6 Å². The summed E-state index contributed by atoms with van der Waals surface area (Å²) in [5, 5.41) is 30.5. The fraction of sp³-hybridized carbons (Fsp3) is 0.240. The van der Waals surface area contributed by atoms with E-state index in [1.54, 1.807) is 62.1 Å². The van der Waals surface area contributed by atoms with Gasteiger partial charge in [0.05, 0.1) is 33.0 Å². The Bertz CT molecular complexity index is 4690. The fourth-order valence-corrected chi connectivity index (χ4v) is 12.0. The van der Waals surface area contributed by atoms with E-state index in [0.29, 0.717) is 60.7 Å². The number of nitrogens with one attached hydrogen (secondary N) is 4. The molecule has 6 N–H and O–H groups in total. The summed E-state index contributed by atoms with van der Waals surface area (Å²) in [6.45, 7) is 6.92. The van der Waals surface area contributed by atoms with Crippen LogP contribution in [0.2, 0.25) is 0 Å². The van der Waals surface area contributed by atoms with Crippen LogP contribution in [0.4, 0.5) is 67.1 Å². The topological polar surface area (TPSA) is 251 Å². The molecule has 1 heterocycles. The highest BCUT2D eigenvalue weighted by Crippen LogP contribution is 2.39. The van der Waals surface area contributed by atoms with E-state index in [9.17, 15) is 69.3 Å². The Hall–Kier alpha value is -11.5. The van der Waals surface area contributed by atoms with E-state index in [1.807, 2.05) is 48.5 Å². The third kappa shape index (κ3) is 18.7. The number of benzene rings is 9. The quantitative estimate of drug-likeness (QED) is 0.0232. The molecule has 0 spiro atoms. The van der Waals surface area contributed by atoms with Gasteiger partial charge in [-0.05, 0) is 146 Å². The number of carbonyl (C=O) groups is 2. The van der Waals surface area contributed by atoms with Gasteiger partial charge in [0.2, 0.25) is 5.82 Å². The molecule has 0 fully saturated rings. The van der Waals surface area contributed by atoms with Crippen LogP contribution in [0.3, 0.4) is 0 Å². The fourth-order valence-electron chi connectivity index (χ4n) is 12.0. The van der Waals surface area contributed by atoms with Crippen LogP contribution in [0.25, 0.3) is 11.0 Å². The first kappa shape index (κ1) is 72.7. The highest BCUT2D eigenvalue weighted by molar-refractivity contribution is 5.97. The molecule has 10 aromatic rings. The van der Waals surface area contributed by atoms with Crippen molar-refractivity contribution in [3.05, 3.63) is 276 Å². The molecule has 9 aromatic carbocycles. The number of alkyl halides is 6. The molecule has 19 nitrogen and oxygen atoms in total. The minimum atomic E-state index is -5.33. The minimum absolute atomic E-state index is 0.0212. The van der Waals surface area contributed by atoms with Crippen LogP contribution < -0.4 is 35.9 Å². The standard InChI is InChI=1S/C29H27F4N3O6.C24H19F4N3O.C22H20FN3O3/c1-28(2,3)42-27(38)35(20-12-18-6-4-5-7-19(18)13-20)16-17-8-10-21(11-9-17)41-25-15-23(34-26(37)29(31,32)33)24(36(39)40)14-22(25)30;25-19-11-20-21(31-23(30-20)24(26,27)28)12-22(19)32-18-7-5-14(6-8-18)13-29-17-9-15-3-1-2-4-16(15)10-17;23-19-11-21(26(27)28)20(24)12-22(19)29-18-7-5-14(6-8-18)13-25-17-9-15-3-1-2-4-16(15)10-17/h4-11,14-15,20H,12-13,16H2,1-3H3,(H,34,37);1-8,11-12,17,29H,9-10,13H2,(H,30,31);1-8,11-12,17,25H,9-10,13,24H2. The summed E-state index contributed by atoms with van der Waals surface area (Å²) in [6.07, 6.45) is -5.08. The first-order valence-electron chi connectivity index (χ1n) is 32.3. The number of nitrogens with zero attached hydrogens (tertiary/aromatic N) is 4. The number of hydrogen-bond donors (Lipinski definition) is 5. The SMILES string of the molecule is CC(C)(C)OC(=O)N(Cc1ccc(Oc2cc(NC(=O)C(F)(F)F)c([N+](=O)[O-])cc2F)cc1)C1Cc2ccccc2C1.Fc1cc2[nH]c(C(F)(F)F)nc2cc1Oc1ccc(CNC2Cc3ccccc3C2)cc1.Nc1cc(Oc2ccc(CNC3Cc4ccccc4C3)cc2)c(F)cc1[N+](=O)[O-]. The summed E-state index contributed by atoms with van der Waals surface area (Å²) in [7, 11) is 0. The molecule has 0 radical (unpaired) electrons. The van der Waals surface area contributed by atoms with Crippen LogP contribution in [-0.2, 0) is 73.9 Å². The number of amides is 2. The number of imidazole rings is 1. The van der Waals surface area contributed by atoms with E-state index in [1.165, 1.54) is 39.7 Å². The molecule has 0 unspecified atom stereocenters. The van der Waals surface area contributed by atoms with Crippen LogP contribution in [0.1, 0.15) is 76.7 Å². The molecule has 0 atom stereocenters. The van der Waals surface area contributed by atoms with Gasteiger partial charge in [0.1, 0.15) is 34.2 Å². The van der Waals surface area contributed by atoms with Crippen LogP contribution in [0.15, 0.2) is 182 Å². The van der Waals surface area contributed by atoms with Crippen molar-refractivity contribution in [3.63, 3.8) is 0 Å². The highest BCUT2D eigenvalue weighted by Gasteiger charge is 2.41. The zero-order valence-electron chi connectivity index (χ0n) is 55.3. The smallest absolute Gasteiger partial charge is 0.454 e. The van der Waals surface area contributed by atoms with E-state index in [0.717, 1.165) is 78.7 Å². The third-order valence-corrected chi connectivity index (χ3v) is 17.0. The normalized spacial score (nSPS) is 13.6. The van der Waals surface area contributed by atoms with Crippen molar-refractivity contribution in [2.75, 3.05) is 11.1 Å². The second-order valence-corrected chi connectivity index (χ2v) is 25.7. The zero-order chi connectivity index (χ0) is 73.5. The number of nitrogen functional groups attached to an aromatic ring is 1. The lowest BCUT2D eigenvalue weighted by molar-refractivity contribution is -0.384. The Kier molecular flexibility index (Phi) is 21.7. The molecule has 0 aliphatic heterocycles. The van der Waals surface area contributed by atoms with E-state index < -0.39 is 85.9 Å². The summed E-state index contributed by atoms with van der Waals surface area (Å²) in [6, 6.07) is 51.0. The van der Waals surface area contributed by atoms with Crippen molar-refractivity contribution in [2.45, 2.75) is 115 Å². The van der Waals surface area contributed by atoms with E-state index in [2.05, 4.69) is 69.1 Å². The number of nitrogens with two attached hydrogens (primary N) is 1. The van der Waals surface area contributed by atoms with Crippen molar-refractivity contribution in [2.24, 2.45) is 0 Å². The average molecular weight is 1420 g/mol. The van der Waals surface area contributed by atoms with Gasteiger partial charge in [-0.3, -0.25) is 25.0 Å². The predicted molar refractivity (Wildman–Crippen MR) is 364 cm³/mol. The van der Waals surface area contributed by atoms with Gasteiger partial charge in [0.15, 0.2) is 34.7 Å². The molecular formula is C75H66F9N9O10. The molecule has 13 rings (SSSR count). The van der Waals surface area contributed by atoms with Crippen LogP contribution in [-0.4, -0.2) is 66.6 Å². The number of aromatic amines is 1. The highest BCUT2D eigenvalue weighted by atomic mass is 19.4. The van der Waals surface area contributed by atoms with Gasteiger partial charge >= 0.3 is 24.4 Å². The molecule has 2 amide bonds. The minimum Gasteiger partial charge on any atom is -0.454 e. The maximum absolute atomic E-state index is 14.6. The molecule has 0 saturated carbocycles. The number of nitro groups is 2. The van der Waals surface area contributed by atoms with Gasteiger partial charge in [-0.25, -0.2) is 22.9 Å². The Morgan fingerprint density at radius 2 is 0.951 bits per heavy atom. The summed E-state index contributed by atoms with van der Waals surface area (Å²) in [4.78, 5) is 51.9. The first-order valence-corrected chi connectivity index (χ1v) is 32.3. The van der Waals surface area contributed by atoms with Crippen molar-refractivity contribution >= 4 is 45.8 Å². The molecule has 28 heteroatoms. The Labute approximate surface area is 583 Å². The van der Waals surface area contributed by atoms with Crippen molar-refractivity contribution in [1.29, 1.82) is 0 Å². The molecule has 0 saturated heterocycles. The Balaban J connectivity index is 0.000000158. The number of anilines is 2. The first-order chi connectivity index (χ1) is 48.9. The second-order valence-electron chi connectivity index (χ2n) is 25.7. The van der Waals surface area contributed by atoms with Gasteiger partial charge in [-0.1, -0.05) is 109 Å². The summed E-state index contributed by atoms with van der Waals surface area (Å²) >= 11 is 0. The molecule has 0 bridgehead atoms. The monoisotopic (exact) mass is 1420 g/mol. The van der Waals surface area contributed by atoms with E-state index >= 15 is 0 Å². The lowest BCUT2D eigenvalue weighted by Crippen LogP contribution is -2.43. The van der Waals surface area contributed by atoms with Gasteiger partial charge in [-0.2, -0.15) is 26.3 Å².